The van der Waals surface area contributed by atoms with E-state index in [1.165, 1.54) is 22.3 Å². The van der Waals surface area contributed by atoms with Crippen LogP contribution in [0.1, 0.15) is 15.9 Å². The second kappa shape index (κ2) is 9.75. The van der Waals surface area contributed by atoms with Crippen LogP contribution in [-0.2, 0) is 4.79 Å². The van der Waals surface area contributed by atoms with E-state index in [9.17, 15) is 18.4 Å². The maximum absolute atomic E-state index is 13.6. The lowest BCUT2D eigenvalue weighted by Crippen LogP contribution is -2.27. The highest BCUT2D eigenvalue weighted by Crippen LogP contribution is 2.38. The summed E-state index contributed by atoms with van der Waals surface area (Å²) >= 11 is 7.48. The number of rotatable bonds is 6. The topological polar surface area (TPSA) is 49.4 Å². The fraction of sp³-hybridized carbons (Fsp3) is 0.0769. The Balaban J connectivity index is 1.71. The molecule has 4 nitrogen and oxygen atoms in total. The van der Waals surface area contributed by atoms with Gasteiger partial charge in [-0.15, -0.1) is 11.3 Å². The van der Waals surface area contributed by atoms with Gasteiger partial charge in [-0.05, 0) is 53.4 Å². The maximum atomic E-state index is 13.6. The van der Waals surface area contributed by atoms with Gasteiger partial charge in [0.1, 0.15) is 5.00 Å². The summed E-state index contributed by atoms with van der Waals surface area (Å²) in [5.41, 5.74) is 4.46. The first-order valence-electron chi connectivity index (χ1n) is 10.2. The molecule has 0 bridgehead atoms. The van der Waals surface area contributed by atoms with Crippen LogP contribution in [0.3, 0.4) is 0 Å². The first-order chi connectivity index (χ1) is 16.3. The molecule has 0 aliphatic rings. The third-order valence-electron chi connectivity index (χ3n) is 5.49. The van der Waals surface area contributed by atoms with Crippen molar-refractivity contribution in [3.05, 3.63) is 93.8 Å². The maximum Gasteiger partial charge on any atom is 0.261 e. The van der Waals surface area contributed by atoms with Crippen LogP contribution < -0.4 is 10.2 Å². The lowest BCUT2D eigenvalue weighted by Gasteiger charge is -2.19. The summed E-state index contributed by atoms with van der Waals surface area (Å²) < 4.78 is 26.9. The van der Waals surface area contributed by atoms with E-state index in [2.05, 4.69) is 5.32 Å². The molecule has 1 N–H and O–H groups in total. The quantitative estimate of drug-likeness (QED) is 0.288. The van der Waals surface area contributed by atoms with E-state index in [1.807, 2.05) is 13.0 Å². The third-order valence-corrected chi connectivity index (χ3v) is 6.81. The average Bonchev–Trinajstić information content (AvgIpc) is 3.25. The van der Waals surface area contributed by atoms with Crippen molar-refractivity contribution in [3.63, 3.8) is 0 Å². The molecule has 8 heteroatoms. The smallest absolute Gasteiger partial charge is 0.261 e. The van der Waals surface area contributed by atoms with E-state index in [0.717, 1.165) is 23.3 Å². The Kier molecular flexibility index (Phi) is 6.77. The molecule has 1 aromatic heterocycles. The molecule has 2 amide bonds. The molecule has 0 aliphatic heterocycles. The average molecular weight is 497 g/mol. The summed E-state index contributed by atoms with van der Waals surface area (Å²) in [7, 11) is 1.64. The van der Waals surface area contributed by atoms with Gasteiger partial charge >= 0.3 is 0 Å². The summed E-state index contributed by atoms with van der Waals surface area (Å²) in [6.45, 7) is 1.88. The molecule has 0 saturated heterocycles. The highest BCUT2D eigenvalue weighted by atomic mass is 35.5. The number of halogens is 3. The van der Waals surface area contributed by atoms with Gasteiger partial charge in [-0.1, -0.05) is 48.0 Å². The highest BCUT2D eigenvalue weighted by molar-refractivity contribution is 7.15. The molecule has 34 heavy (non-hydrogen) atoms. The fourth-order valence-corrected chi connectivity index (χ4v) is 4.63. The lowest BCUT2D eigenvalue weighted by molar-refractivity contribution is -0.105. The van der Waals surface area contributed by atoms with Gasteiger partial charge < -0.3 is 10.2 Å². The normalized spacial score (nSPS) is 10.7. The summed E-state index contributed by atoms with van der Waals surface area (Å²) in [5, 5.41) is 5.37. The van der Waals surface area contributed by atoms with Crippen LogP contribution in [0, 0.1) is 18.6 Å². The minimum atomic E-state index is -0.920. The standard InChI is InChI=1S/C26H19ClF2N2O2S/c1-15-3-9-19(12-21(15)27)31(2)26(33)24-20(13-34-25(24)30-14-32)17-6-4-16(5-7-17)18-8-10-22(28)23(29)11-18/h3-14H,1-2H3,(H,30,32). The van der Waals surface area contributed by atoms with E-state index in [4.69, 9.17) is 11.6 Å². The predicted octanol–water partition coefficient (Wildman–Crippen LogP) is 7.17. The van der Waals surface area contributed by atoms with Gasteiger partial charge in [-0.3, -0.25) is 9.59 Å². The Morgan fingerprint density at radius 3 is 2.29 bits per heavy atom. The molecule has 0 atom stereocenters. The van der Waals surface area contributed by atoms with Crippen molar-refractivity contribution in [2.24, 2.45) is 0 Å². The molecule has 0 radical (unpaired) electrons. The van der Waals surface area contributed by atoms with Crippen molar-refractivity contribution in [3.8, 4) is 22.3 Å². The van der Waals surface area contributed by atoms with Gasteiger partial charge in [0.15, 0.2) is 11.6 Å². The Morgan fingerprint density at radius 2 is 1.65 bits per heavy atom. The number of carbonyl (C=O) groups is 2. The SMILES string of the molecule is Cc1ccc(N(C)C(=O)c2c(-c3ccc(-c4ccc(F)c(F)c4)cc3)csc2NC=O)cc1Cl. The first kappa shape index (κ1) is 23.6. The Morgan fingerprint density at radius 1 is 0.971 bits per heavy atom. The third kappa shape index (κ3) is 4.58. The van der Waals surface area contributed by atoms with Gasteiger partial charge in [0.25, 0.3) is 5.91 Å². The minimum Gasteiger partial charge on any atom is -0.320 e. The molecule has 1 heterocycles. The molecule has 0 spiro atoms. The fourth-order valence-electron chi connectivity index (χ4n) is 3.54. The number of hydrogen-bond donors (Lipinski definition) is 1. The van der Waals surface area contributed by atoms with Crippen molar-refractivity contribution < 1.29 is 18.4 Å². The Hall–Kier alpha value is -3.55. The number of anilines is 2. The van der Waals surface area contributed by atoms with Crippen molar-refractivity contribution >= 4 is 45.9 Å². The van der Waals surface area contributed by atoms with Gasteiger partial charge in [-0.25, -0.2) is 8.78 Å². The molecule has 4 aromatic rings. The van der Waals surface area contributed by atoms with Crippen LogP contribution >= 0.6 is 22.9 Å². The zero-order valence-electron chi connectivity index (χ0n) is 18.2. The Labute approximate surface area is 204 Å². The van der Waals surface area contributed by atoms with Crippen molar-refractivity contribution in [2.75, 3.05) is 17.3 Å². The van der Waals surface area contributed by atoms with E-state index in [1.54, 1.807) is 48.8 Å². The molecular formula is C26H19ClF2N2O2S. The van der Waals surface area contributed by atoms with Crippen molar-refractivity contribution in [1.29, 1.82) is 0 Å². The van der Waals surface area contributed by atoms with Crippen LogP contribution in [0.2, 0.25) is 5.02 Å². The molecule has 3 aromatic carbocycles. The molecule has 0 saturated carbocycles. The summed E-state index contributed by atoms with van der Waals surface area (Å²) in [5.74, 6) is -2.14. The largest absolute Gasteiger partial charge is 0.320 e. The zero-order chi connectivity index (χ0) is 24.4. The summed E-state index contributed by atoms with van der Waals surface area (Å²) in [6, 6.07) is 16.2. The van der Waals surface area contributed by atoms with Crippen LogP contribution in [0.5, 0.6) is 0 Å². The van der Waals surface area contributed by atoms with E-state index in [-0.39, 0.29) is 5.91 Å². The molecule has 172 valence electrons. The monoisotopic (exact) mass is 496 g/mol. The lowest BCUT2D eigenvalue weighted by atomic mass is 9.99. The number of amides is 2. The van der Waals surface area contributed by atoms with Gasteiger partial charge in [-0.2, -0.15) is 0 Å². The van der Waals surface area contributed by atoms with Crippen LogP contribution in [-0.4, -0.2) is 19.4 Å². The van der Waals surface area contributed by atoms with Crippen molar-refractivity contribution in [1.82, 2.24) is 0 Å². The van der Waals surface area contributed by atoms with E-state index < -0.39 is 11.6 Å². The number of nitrogens with zero attached hydrogens (tertiary/aromatic N) is 1. The number of thiophene rings is 1. The molecular weight excluding hydrogens is 478 g/mol. The Bertz CT molecular complexity index is 1390. The van der Waals surface area contributed by atoms with E-state index >= 15 is 0 Å². The second-order valence-electron chi connectivity index (χ2n) is 7.62. The van der Waals surface area contributed by atoms with Gasteiger partial charge in [0.05, 0.1) is 5.56 Å². The van der Waals surface area contributed by atoms with Crippen LogP contribution in [0.15, 0.2) is 66.0 Å². The van der Waals surface area contributed by atoms with Gasteiger partial charge in [0.2, 0.25) is 6.41 Å². The highest BCUT2D eigenvalue weighted by Gasteiger charge is 2.24. The number of benzene rings is 3. The van der Waals surface area contributed by atoms with Crippen LogP contribution in [0.4, 0.5) is 19.5 Å². The van der Waals surface area contributed by atoms with E-state index in [0.29, 0.717) is 44.4 Å². The van der Waals surface area contributed by atoms with Gasteiger partial charge in [0, 0.05) is 28.7 Å². The minimum absolute atomic E-state index is 0.315. The zero-order valence-corrected chi connectivity index (χ0v) is 19.8. The molecule has 4 rings (SSSR count). The second-order valence-corrected chi connectivity index (χ2v) is 8.91. The van der Waals surface area contributed by atoms with Crippen LogP contribution in [0.25, 0.3) is 22.3 Å². The number of aryl methyl sites for hydroxylation is 1. The number of carbonyl (C=O) groups excluding carboxylic acids is 2. The summed E-state index contributed by atoms with van der Waals surface area (Å²) in [6.07, 6.45) is 0.529. The van der Waals surface area contributed by atoms with Crippen molar-refractivity contribution in [2.45, 2.75) is 6.92 Å². The number of nitrogens with one attached hydrogen (secondary N) is 1. The number of hydrogen-bond acceptors (Lipinski definition) is 3. The molecule has 0 fully saturated rings. The first-order valence-corrected chi connectivity index (χ1v) is 11.5. The summed E-state index contributed by atoms with van der Waals surface area (Å²) in [4.78, 5) is 26.1. The molecule has 0 unspecified atom stereocenters. The predicted molar refractivity (Wildman–Crippen MR) is 134 cm³/mol. The molecule has 0 aliphatic carbocycles.